The Morgan fingerprint density at radius 1 is 0.966 bits per heavy atom. The third kappa shape index (κ3) is 3.58. The number of hydrogen-bond donors (Lipinski definition) is 3. The lowest BCUT2D eigenvalue weighted by Crippen LogP contribution is -2.19. The van der Waals surface area contributed by atoms with Gasteiger partial charge in [-0.2, -0.15) is 0 Å². The average Bonchev–Trinajstić information content (AvgIpc) is 3.06. The Morgan fingerprint density at radius 3 is 2.17 bits per heavy atom. The third-order valence-electron chi connectivity index (χ3n) is 5.16. The van der Waals surface area contributed by atoms with E-state index in [4.69, 9.17) is 15.6 Å². The Morgan fingerprint density at radius 2 is 1.59 bits per heavy atom. The lowest BCUT2D eigenvalue weighted by Gasteiger charge is -2.15. The van der Waals surface area contributed by atoms with E-state index < -0.39 is 12.1 Å². The molecule has 1 amide bonds. The van der Waals surface area contributed by atoms with E-state index in [9.17, 15) is 9.59 Å². The number of nitrogens with two attached hydrogens (primary N) is 1. The van der Waals surface area contributed by atoms with Crippen molar-refractivity contribution in [2.75, 3.05) is 11.9 Å². The van der Waals surface area contributed by atoms with Crippen molar-refractivity contribution < 1.29 is 19.4 Å². The van der Waals surface area contributed by atoms with Crippen LogP contribution in [0.25, 0.3) is 11.1 Å². The molecule has 4 rings (SSSR count). The SMILES string of the molecule is NCc1ccc(C(=O)O)cc1NC(=O)OCC1c2ccccc2-c2ccccc21. The molecule has 4 N–H and O–H groups in total. The van der Waals surface area contributed by atoms with Gasteiger partial charge in [-0.15, -0.1) is 0 Å². The molecule has 0 aliphatic heterocycles. The van der Waals surface area contributed by atoms with Crippen LogP contribution in [0.3, 0.4) is 0 Å². The normalized spacial score (nSPS) is 12.2. The molecule has 146 valence electrons. The van der Waals surface area contributed by atoms with Gasteiger partial charge in [0.05, 0.1) is 5.56 Å². The maximum atomic E-state index is 12.4. The second-order valence-electron chi connectivity index (χ2n) is 6.83. The van der Waals surface area contributed by atoms with E-state index in [1.165, 1.54) is 12.1 Å². The minimum Gasteiger partial charge on any atom is -0.478 e. The molecule has 1 aliphatic rings. The summed E-state index contributed by atoms with van der Waals surface area (Å²) in [6.07, 6.45) is -0.649. The van der Waals surface area contributed by atoms with Crippen molar-refractivity contribution in [2.45, 2.75) is 12.5 Å². The number of benzene rings is 3. The number of carboxylic acid groups (broad SMARTS) is 1. The van der Waals surface area contributed by atoms with E-state index in [2.05, 4.69) is 17.4 Å². The Kier molecular flexibility index (Phi) is 5.01. The summed E-state index contributed by atoms with van der Waals surface area (Å²) in [6, 6.07) is 20.6. The molecule has 3 aromatic carbocycles. The van der Waals surface area contributed by atoms with Crippen LogP contribution < -0.4 is 11.1 Å². The number of aromatic carboxylic acids is 1. The Hall–Kier alpha value is -3.64. The van der Waals surface area contributed by atoms with Crippen LogP contribution in [0.15, 0.2) is 66.7 Å². The number of carbonyl (C=O) groups is 2. The van der Waals surface area contributed by atoms with Crippen molar-refractivity contribution in [3.8, 4) is 11.1 Å². The van der Waals surface area contributed by atoms with Gasteiger partial charge in [-0.1, -0.05) is 54.6 Å². The van der Waals surface area contributed by atoms with E-state index in [1.807, 2.05) is 36.4 Å². The Labute approximate surface area is 167 Å². The van der Waals surface area contributed by atoms with Gasteiger partial charge in [0.1, 0.15) is 6.61 Å². The molecule has 6 heteroatoms. The zero-order chi connectivity index (χ0) is 20.4. The second kappa shape index (κ2) is 7.77. The van der Waals surface area contributed by atoms with Gasteiger partial charge < -0.3 is 15.6 Å². The highest BCUT2D eigenvalue weighted by Crippen LogP contribution is 2.44. The number of anilines is 1. The van der Waals surface area contributed by atoms with E-state index in [0.29, 0.717) is 11.3 Å². The Balaban J connectivity index is 1.51. The van der Waals surface area contributed by atoms with Crippen molar-refractivity contribution in [1.29, 1.82) is 0 Å². The number of fused-ring (bicyclic) bond motifs is 3. The molecule has 0 spiro atoms. The van der Waals surface area contributed by atoms with Gasteiger partial charge in [0.2, 0.25) is 0 Å². The topological polar surface area (TPSA) is 102 Å². The fraction of sp³-hybridized carbons (Fsp3) is 0.130. The van der Waals surface area contributed by atoms with Crippen LogP contribution in [-0.2, 0) is 11.3 Å². The van der Waals surface area contributed by atoms with Gasteiger partial charge in [0, 0.05) is 18.2 Å². The van der Waals surface area contributed by atoms with Crippen molar-refractivity contribution in [3.05, 3.63) is 89.0 Å². The molecule has 1 aliphatic carbocycles. The predicted octanol–water partition coefficient (Wildman–Crippen LogP) is 4.20. The van der Waals surface area contributed by atoms with Gasteiger partial charge in [-0.3, -0.25) is 5.32 Å². The standard InChI is InChI=1S/C23H20N2O4/c24-12-15-10-9-14(22(26)27)11-21(15)25-23(28)29-13-20-18-7-3-1-5-16(18)17-6-2-4-8-19(17)20/h1-11,20H,12-13,24H2,(H,25,28)(H,26,27). The van der Waals surface area contributed by atoms with E-state index in [1.54, 1.807) is 6.07 Å². The highest BCUT2D eigenvalue weighted by molar-refractivity contribution is 5.92. The Bertz CT molecular complexity index is 1050. The third-order valence-corrected chi connectivity index (χ3v) is 5.16. The molecular formula is C23H20N2O4. The molecule has 3 aromatic rings. The molecule has 0 radical (unpaired) electrons. The molecule has 0 saturated carbocycles. The van der Waals surface area contributed by atoms with Crippen LogP contribution in [0.5, 0.6) is 0 Å². The van der Waals surface area contributed by atoms with Gasteiger partial charge in [0.15, 0.2) is 0 Å². The van der Waals surface area contributed by atoms with Crippen LogP contribution in [0.1, 0.15) is 33.0 Å². The fourth-order valence-electron chi connectivity index (χ4n) is 3.75. The number of rotatable bonds is 5. The first-order valence-electron chi connectivity index (χ1n) is 9.26. The lowest BCUT2D eigenvalue weighted by molar-refractivity contribution is 0.0696. The van der Waals surface area contributed by atoms with Crippen LogP contribution in [0.4, 0.5) is 10.5 Å². The highest BCUT2D eigenvalue weighted by atomic mass is 16.5. The van der Waals surface area contributed by atoms with Crippen LogP contribution in [0.2, 0.25) is 0 Å². The molecule has 6 nitrogen and oxygen atoms in total. The quantitative estimate of drug-likeness (QED) is 0.608. The van der Waals surface area contributed by atoms with E-state index in [0.717, 1.165) is 22.3 Å². The zero-order valence-corrected chi connectivity index (χ0v) is 15.6. The first-order chi connectivity index (χ1) is 14.1. The van der Waals surface area contributed by atoms with Gasteiger partial charge in [-0.05, 0) is 39.9 Å². The van der Waals surface area contributed by atoms with Crippen LogP contribution >= 0.6 is 0 Å². The molecular weight excluding hydrogens is 368 g/mol. The van der Waals surface area contributed by atoms with Gasteiger partial charge in [-0.25, -0.2) is 9.59 Å². The van der Waals surface area contributed by atoms with E-state index in [-0.39, 0.29) is 24.6 Å². The minimum absolute atomic E-state index is 0.0486. The molecule has 0 bridgehead atoms. The molecule has 0 saturated heterocycles. The largest absolute Gasteiger partial charge is 0.478 e. The summed E-state index contributed by atoms with van der Waals surface area (Å²) in [7, 11) is 0. The number of carboxylic acids is 1. The first kappa shape index (κ1) is 18.7. The lowest BCUT2D eigenvalue weighted by atomic mass is 9.98. The highest BCUT2D eigenvalue weighted by Gasteiger charge is 2.29. The van der Waals surface area contributed by atoms with Crippen molar-refractivity contribution in [1.82, 2.24) is 0 Å². The van der Waals surface area contributed by atoms with Gasteiger partial charge >= 0.3 is 12.1 Å². The van der Waals surface area contributed by atoms with Crippen LogP contribution in [0, 0.1) is 0 Å². The van der Waals surface area contributed by atoms with E-state index >= 15 is 0 Å². The molecule has 29 heavy (non-hydrogen) atoms. The fourth-order valence-corrected chi connectivity index (χ4v) is 3.75. The monoisotopic (exact) mass is 388 g/mol. The van der Waals surface area contributed by atoms with Crippen LogP contribution in [-0.4, -0.2) is 23.8 Å². The maximum Gasteiger partial charge on any atom is 0.411 e. The zero-order valence-electron chi connectivity index (χ0n) is 15.6. The summed E-state index contributed by atoms with van der Waals surface area (Å²) in [5.74, 6) is -1.13. The number of ether oxygens (including phenoxy) is 1. The predicted molar refractivity (Wildman–Crippen MR) is 110 cm³/mol. The molecule has 0 aromatic heterocycles. The smallest absolute Gasteiger partial charge is 0.411 e. The second-order valence-corrected chi connectivity index (χ2v) is 6.83. The van der Waals surface area contributed by atoms with Crippen molar-refractivity contribution in [2.24, 2.45) is 5.73 Å². The number of amides is 1. The van der Waals surface area contributed by atoms with Crippen molar-refractivity contribution >= 4 is 17.7 Å². The molecule has 0 fully saturated rings. The summed E-state index contributed by atoms with van der Waals surface area (Å²) in [5, 5.41) is 11.8. The number of hydrogen-bond acceptors (Lipinski definition) is 4. The summed E-state index contributed by atoms with van der Waals surface area (Å²) in [5.41, 5.74) is 11.3. The molecule has 0 heterocycles. The minimum atomic E-state index is -1.08. The van der Waals surface area contributed by atoms with Gasteiger partial charge in [0.25, 0.3) is 0 Å². The number of carbonyl (C=O) groups excluding carboxylic acids is 1. The summed E-state index contributed by atoms with van der Waals surface area (Å²) in [4.78, 5) is 23.6. The maximum absolute atomic E-state index is 12.4. The first-order valence-corrected chi connectivity index (χ1v) is 9.26. The summed E-state index contributed by atoms with van der Waals surface area (Å²) >= 11 is 0. The average molecular weight is 388 g/mol. The molecule has 0 atom stereocenters. The summed E-state index contributed by atoms with van der Waals surface area (Å²) < 4.78 is 5.51. The summed E-state index contributed by atoms with van der Waals surface area (Å²) in [6.45, 7) is 0.343. The number of nitrogens with one attached hydrogen (secondary N) is 1. The molecule has 0 unspecified atom stereocenters. The van der Waals surface area contributed by atoms with Crippen molar-refractivity contribution in [3.63, 3.8) is 0 Å².